The average Bonchev–Trinajstić information content (AvgIpc) is 3.25. The first-order chi connectivity index (χ1) is 13.7. The number of carboxylic acids is 1. The van der Waals surface area contributed by atoms with Crippen molar-refractivity contribution in [2.75, 3.05) is 26.2 Å². The minimum Gasteiger partial charge on any atom is -0.475 e. The number of amides is 1. The zero-order chi connectivity index (χ0) is 21.0. The number of alkyl halides is 3. The number of carbonyl (C=O) groups is 2. The van der Waals surface area contributed by atoms with Crippen LogP contribution >= 0.6 is 11.3 Å². The van der Waals surface area contributed by atoms with Crippen molar-refractivity contribution in [1.82, 2.24) is 10.2 Å². The summed E-state index contributed by atoms with van der Waals surface area (Å²) < 4.78 is 37.7. The van der Waals surface area contributed by atoms with Gasteiger partial charge in [-0.3, -0.25) is 9.69 Å². The molecule has 0 unspecified atom stereocenters. The molecule has 1 aliphatic carbocycles. The van der Waals surface area contributed by atoms with Crippen molar-refractivity contribution in [2.24, 2.45) is 17.8 Å². The summed E-state index contributed by atoms with van der Waals surface area (Å²) in [6.07, 6.45) is -1.52. The van der Waals surface area contributed by atoms with E-state index in [0.717, 1.165) is 39.1 Å². The van der Waals surface area contributed by atoms with Crippen LogP contribution in [0.15, 0.2) is 16.8 Å². The van der Waals surface area contributed by atoms with Crippen molar-refractivity contribution in [1.29, 1.82) is 0 Å². The lowest BCUT2D eigenvalue weighted by molar-refractivity contribution is -0.192. The number of carboxylic acid groups (broad SMARTS) is 1. The SMILES string of the molecule is O=C(NC[C@@H]1OC[C@@H]2CN(Cc3ccsc3)CC[C@@H]21)C1CC1.O=C(O)C(F)(F)F. The van der Waals surface area contributed by atoms with Crippen LogP contribution in [-0.4, -0.2) is 60.4 Å². The summed E-state index contributed by atoms with van der Waals surface area (Å²) in [5, 5.41) is 14.6. The lowest BCUT2D eigenvalue weighted by Gasteiger charge is -2.35. The maximum absolute atomic E-state index is 11.8. The number of likely N-dealkylation sites (tertiary alicyclic amines) is 1. The number of thiophene rings is 1. The average molecular weight is 434 g/mol. The molecule has 1 saturated carbocycles. The van der Waals surface area contributed by atoms with E-state index in [4.69, 9.17) is 14.6 Å². The molecule has 3 fully saturated rings. The predicted octanol–water partition coefficient (Wildman–Crippen LogP) is 2.74. The van der Waals surface area contributed by atoms with Crippen LogP contribution in [0.3, 0.4) is 0 Å². The maximum atomic E-state index is 11.8. The van der Waals surface area contributed by atoms with Gasteiger partial charge in [0.1, 0.15) is 0 Å². The van der Waals surface area contributed by atoms with E-state index in [9.17, 15) is 18.0 Å². The monoisotopic (exact) mass is 434 g/mol. The van der Waals surface area contributed by atoms with Crippen LogP contribution in [0.1, 0.15) is 24.8 Å². The third kappa shape index (κ3) is 6.42. The number of hydrogen-bond acceptors (Lipinski definition) is 5. The first-order valence-electron chi connectivity index (χ1n) is 9.67. The van der Waals surface area contributed by atoms with Gasteiger partial charge >= 0.3 is 12.1 Å². The topological polar surface area (TPSA) is 78.9 Å². The van der Waals surface area contributed by atoms with E-state index in [1.807, 2.05) is 0 Å². The molecule has 162 valence electrons. The van der Waals surface area contributed by atoms with Gasteiger partial charge in [-0.05, 0) is 54.1 Å². The van der Waals surface area contributed by atoms with Crippen LogP contribution in [0, 0.1) is 17.8 Å². The summed E-state index contributed by atoms with van der Waals surface area (Å²) in [6.45, 7) is 4.91. The van der Waals surface area contributed by atoms with E-state index in [0.29, 0.717) is 24.3 Å². The van der Waals surface area contributed by atoms with Gasteiger partial charge in [0.15, 0.2) is 0 Å². The molecule has 2 N–H and O–H groups in total. The lowest BCUT2D eigenvalue weighted by Crippen LogP contribution is -2.43. The minimum absolute atomic E-state index is 0.232. The van der Waals surface area contributed by atoms with Crippen molar-refractivity contribution in [2.45, 2.75) is 38.1 Å². The molecule has 2 aliphatic heterocycles. The molecular weight excluding hydrogens is 409 g/mol. The summed E-state index contributed by atoms with van der Waals surface area (Å²) in [7, 11) is 0. The van der Waals surface area contributed by atoms with Crippen LogP contribution in [0.5, 0.6) is 0 Å². The smallest absolute Gasteiger partial charge is 0.475 e. The first-order valence-corrected chi connectivity index (χ1v) is 10.6. The van der Waals surface area contributed by atoms with E-state index in [1.165, 1.54) is 12.0 Å². The fourth-order valence-electron chi connectivity index (χ4n) is 3.85. The second-order valence-electron chi connectivity index (χ2n) is 7.77. The third-order valence-electron chi connectivity index (χ3n) is 5.53. The quantitative estimate of drug-likeness (QED) is 0.745. The highest BCUT2D eigenvalue weighted by Crippen LogP contribution is 2.35. The van der Waals surface area contributed by atoms with Gasteiger partial charge in [-0.15, -0.1) is 0 Å². The summed E-state index contributed by atoms with van der Waals surface area (Å²) in [4.78, 5) is 23.2. The van der Waals surface area contributed by atoms with Crippen LogP contribution in [0.4, 0.5) is 13.2 Å². The van der Waals surface area contributed by atoms with Crippen LogP contribution in [-0.2, 0) is 20.9 Å². The van der Waals surface area contributed by atoms with Crippen LogP contribution < -0.4 is 5.32 Å². The molecule has 10 heteroatoms. The molecule has 0 bridgehead atoms. The summed E-state index contributed by atoms with van der Waals surface area (Å²) in [5.74, 6) is -0.965. The Morgan fingerprint density at radius 2 is 2.03 bits per heavy atom. The Kier molecular flexibility index (Phi) is 7.18. The van der Waals surface area contributed by atoms with Crippen molar-refractivity contribution in [3.05, 3.63) is 22.4 Å². The van der Waals surface area contributed by atoms with Gasteiger partial charge < -0.3 is 15.2 Å². The largest absolute Gasteiger partial charge is 0.490 e. The number of nitrogens with one attached hydrogen (secondary N) is 1. The number of ether oxygens (including phenoxy) is 1. The molecule has 0 radical (unpaired) electrons. The number of hydrogen-bond donors (Lipinski definition) is 2. The van der Waals surface area contributed by atoms with Gasteiger partial charge in [-0.2, -0.15) is 24.5 Å². The normalized spacial score (nSPS) is 26.9. The van der Waals surface area contributed by atoms with Crippen molar-refractivity contribution in [3.8, 4) is 0 Å². The molecular formula is C19H25F3N2O4S. The Bertz CT molecular complexity index is 694. The fourth-order valence-corrected chi connectivity index (χ4v) is 4.51. The van der Waals surface area contributed by atoms with Gasteiger partial charge in [-0.25, -0.2) is 4.79 Å². The van der Waals surface area contributed by atoms with Crippen molar-refractivity contribution >= 4 is 23.2 Å². The summed E-state index contributed by atoms with van der Waals surface area (Å²) in [6, 6.07) is 2.22. The second-order valence-corrected chi connectivity index (χ2v) is 8.55. The van der Waals surface area contributed by atoms with Gasteiger partial charge in [0.2, 0.25) is 5.91 Å². The molecule has 3 heterocycles. The van der Waals surface area contributed by atoms with Crippen molar-refractivity contribution < 1.29 is 32.6 Å². The van der Waals surface area contributed by atoms with Gasteiger partial charge in [-0.1, -0.05) is 0 Å². The summed E-state index contributed by atoms with van der Waals surface area (Å²) >= 11 is 1.77. The first kappa shape index (κ1) is 22.0. The fraction of sp³-hybridized carbons (Fsp3) is 0.684. The summed E-state index contributed by atoms with van der Waals surface area (Å²) in [5.41, 5.74) is 1.43. The molecule has 0 spiro atoms. The molecule has 2 saturated heterocycles. The Hall–Kier alpha value is -1.65. The maximum Gasteiger partial charge on any atom is 0.490 e. The van der Waals surface area contributed by atoms with Gasteiger partial charge in [0, 0.05) is 31.5 Å². The number of piperidine rings is 1. The standard InChI is InChI=1S/C17H24N2O2S.C2HF3O2/c20-17(13-1-2-13)18-7-16-15-3-5-19(9-14(15)10-21-16)8-12-4-6-22-11-12;3-2(4,5)1(6)7/h4,6,11,13-16H,1-3,5,7-10H2,(H,18,20);(H,6,7)/t14-,15-,16-;/m0./s1. The number of halogens is 3. The number of nitrogens with zero attached hydrogens (tertiary/aromatic N) is 1. The molecule has 3 atom stereocenters. The Morgan fingerprint density at radius 1 is 1.31 bits per heavy atom. The predicted molar refractivity (Wildman–Crippen MR) is 100 cm³/mol. The van der Waals surface area contributed by atoms with E-state index in [2.05, 4.69) is 27.0 Å². The van der Waals surface area contributed by atoms with Gasteiger partial charge in [0.05, 0.1) is 12.7 Å². The Labute approximate surface area is 171 Å². The van der Waals surface area contributed by atoms with Crippen LogP contribution in [0.25, 0.3) is 0 Å². The number of rotatable bonds is 5. The molecule has 1 amide bonds. The van der Waals surface area contributed by atoms with Crippen molar-refractivity contribution in [3.63, 3.8) is 0 Å². The third-order valence-corrected chi connectivity index (χ3v) is 6.27. The molecule has 0 aromatic carbocycles. The van der Waals surface area contributed by atoms with E-state index in [-0.39, 0.29) is 12.0 Å². The van der Waals surface area contributed by atoms with Crippen LogP contribution in [0.2, 0.25) is 0 Å². The molecule has 29 heavy (non-hydrogen) atoms. The second kappa shape index (κ2) is 9.44. The lowest BCUT2D eigenvalue weighted by atomic mass is 9.84. The van der Waals surface area contributed by atoms with E-state index >= 15 is 0 Å². The highest BCUT2D eigenvalue weighted by molar-refractivity contribution is 7.07. The zero-order valence-corrected chi connectivity index (χ0v) is 16.7. The number of carbonyl (C=O) groups excluding carboxylic acids is 1. The Balaban J connectivity index is 0.000000298. The molecule has 6 nitrogen and oxygen atoms in total. The molecule has 1 aromatic rings. The zero-order valence-electron chi connectivity index (χ0n) is 15.9. The number of aliphatic carboxylic acids is 1. The highest BCUT2D eigenvalue weighted by atomic mass is 32.1. The molecule has 3 aliphatic rings. The molecule has 1 aromatic heterocycles. The van der Waals surface area contributed by atoms with E-state index < -0.39 is 12.1 Å². The van der Waals surface area contributed by atoms with Gasteiger partial charge in [0.25, 0.3) is 0 Å². The highest BCUT2D eigenvalue weighted by Gasteiger charge is 2.41. The minimum atomic E-state index is -5.08. The van der Waals surface area contributed by atoms with E-state index in [1.54, 1.807) is 11.3 Å². The number of fused-ring (bicyclic) bond motifs is 1. The molecule has 4 rings (SSSR count). The Morgan fingerprint density at radius 3 is 2.62 bits per heavy atom.